The van der Waals surface area contributed by atoms with Gasteiger partial charge in [-0.1, -0.05) is 12.1 Å². The zero-order valence-corrected chi connectivity index (χ0v) is 11.7. The van der Waals surface area contributed by atoms with Crippen molar-refractivity contribution in [3.8, 4) is 5.75 Å². The Balaban J connectivity index is 2.01. The molecule has 4 nitrogen and oxygen atoms in total. The van der Waals surface area contributed by atoms with Crippen LogP contribution in [0.2, 0.25) is 0 Å². The minimum Gasteiger partial charge on any atom is -0.489 e. The monoisotopic (exact) mass is 307 g/mol. The Morgan fingerprint density at radius 2 is 2.00 bits per heavy atom. The molecule has 2 aromatic rings. The molecule has 2 aromatic carbocycles. The molecule has 2 N–H and O–H groups in total. The lowest BCUT2D eigenvalue weighted by Gasteiger charge is -2.09. The molecule has 0 saturated heterocycles. The van der Waals surface area contributed by atoms with Gasteiger partial charge in [-0.05, 0) is 29.8 Å². The second kappa shape index (κ2) is 7.51. The van der Waals surface area contributed by atoms with Crippen LogP contribution in [0.5, 0.6) is 5.75 Å². The molecule has 0 unspecified atom stereocenters. The number of nitrogens with one attached hydrogen (secondary N) is 1. The fraction of sp³-hybridized carbons (Fsp3) is 0.188. The SMILES string of the molecule is O=C(NCCO)c1ccc(OCc2cccc(F)c2)cc1F. The molecule has 0 aliphatic carbocycles. The van der Waals surface area contributed by atoms with E-state index in [1.165, 1.54) is 24.3 Å². The Morgan fingerprint density at radius 1 is 1.18 bits per heavy atom. The summed E-state index contributed by atoms with van der Waals surface area (Å²) in [6, 6.07) is 9.74. The molecule has 1 amide bonds. The van der Waals surface area contributed by atoms with Crippen LogP contribution in [0.1, 0.15) is 15.9 Å². The van der Waals surface area contributed by atoms with E-state index in [-0.39, 0.29) is 36.9 Å². The Labute approximate surface area is 126 Å². The smallest absolute Gasteiger partial charge is 0.254 e. The van der Waals surface area contributed by atoms with Crippen LogP contribution < -0.4 is 10.1 Å². The number of rotatable bonds is 6. The van der Waals surface area contributed by atoms with Gasteiger partial charge in [0.05, 0.1) is 12.2 Å². The van der Waals surface area contributed by atoms with Crippen LogP contribution in [0.15, 0.2) is 42.5 Å². The van der Waals surface area contributed by atoms with E-state index in [4.69, 9.17) is 9.84 Å². The van der Waals surface area contributed by atoms with Crippen LogP contribution in [0.25, 0.3) is 0 Å². The number of halogens is 2. The molecule has 0 aliphatic rings. The van der Waals surface area contributed by atoms with Gasteiger partial charge >= 0.3 is 0 Å². The van der Waals surface area contributed by atoms with Crippen molar-refractivity contribution < 1.29 is 23.4 Å². The number of amides is 1. The number of aliphatic hydroxyl groups is 1. The molecule has 0 heterocycles. The van der Waals surface area contributed by atoms with Crippen LogP contribution >= 0.6 is 0 Å². The standard InChI is InChI=1S/C16H15F2NO3/c17-12-3-1-2-11(8-12)10-22-13-4-5-14(15(18)9-13)16(21)19-6-7-20/h1-5,8-9,20H,6-7,10H2,(H,19,21). The van der Waals surface area contributed by atoms with Crippen molar-refractivity contribution in [3.05, 3.63) is 65.2 Å². The first-order chi connectivity index (χ1) is 10.6. The van der Waals surface area contributed by atoms with Crippen LogP contribution in [0.4, 0.5) is 8.78 Å². The van der Waals surface area contributed by atoms with E-state index in [2.05, 4.69) is 5.32 Å². The molecule has 0 spiro atoms. The highest BCUT2D eigenvalue weighted by Gasteiger charge is 2.12. The van der Waals surface area contributed by atoms with Gasteiger partial charge in [-0.2, -0.15) is 0 Å². The number of carbonyl (C=O) groups excluding carboxylic acids is 1. The lowest BCUT2D eigenvalue weighted by Crippen LogP contribution is -2.27. The molecular formula is C16H15F2NO3. The predicted octanol–water partition coefficient (Wildman–Crippen LogP) is 2.27. The summed E-state index contributed by atoms with van der Waals surface area (Å²) in [6.45, 7) is -0.0778. The number of aliphatic hydroxyl groups excluding tert-OH is 1. The molecule has 2 rings (SSSR count). The van der Waals surface area contributed by atoms with Crippen molar-refractivity contribution in [2.24, 2.45) is 0 Å². The molecule has 0 saturated carbocycles. The summed E-state index contributed by atoms with van der Waals surface area (Å²) in [6.07, 6.45) is 0. The molecular weight excluding hydrogens is 292 g/mol. The average molecular weight is 307 g/mol. The second-order valence-electron chi connectivity index (χ2n) is 4.54. The molecule has 0 atom stereocenters. The van der Waals surface area contributed by atoms with Crippen molar-refractivity contribution in [1.82, 2.24) is 5.32 Å². The lowest BCUT2D eigenvalue weighted by atomic mass is 10.2. The minimum absolute atomic E-state index is 0.0517. The van der Waals surface area contributed by atoms with Gasteiger partial charge in [0, 0.05) is 12.6 Å². The maximum absolute atomic E-state index is 13.9. The molecule has 116 valence electrons. The maximum Gasteiger partial charge on any atom is 0.254 e. The highest BCUT2D eigenvalue weighted by molar-refractivity contribution is 5.94. The van der Waals surface area contributed by atoms with Gasteiger partial charge in [0.2, 0.25) is 0 Å². The lowest BCUT2D eigenvalue weighted by molar-refractivity contribution is 0.0940. The van der Waals surface area contributed by atoms with E-state index in [0.717, 1.165) is 6.07 Å². The molecule has 6 heteroatoms. The van der Waals surface area contributed by atoms with Gasteiger partial charge in [0.1, 0.15) is 24.0 Å². The maximum atomic E-state index is 13.9. The van der Waals surface area contributed by atoms with Crippen LogP contribution in [-0.4, -0.2) is 24.2 Å². The van der Waals surface area contributed by atoms with Crippen molar-refractivity contribution in [3.63, 3.8) is 0 Å². The third-order valence-electron chi connectivity index (χ3n) is 2.88. The second-order valence-corrected chi connectivity index (χ2v) is 4.54. The number of ether oxygens (including phenoxy) is 1. The number of hydrogen-bond acceptors (Lipinski definition) is 3. The van der Waals surface area contributed by atoms with Crippen LogP contribution in [-0.2, 0) is 6.61 Å². The summed E-state index contributed by atoms with van der Waals surface area (Å²) < 4.78 is 32.2. The van der Waals surface area contributed by atoms with Crippen molar-refractivity contribution in [2.45, 2.75) is 6.61 Å². The van der Waals surface area contributed by atoms with Gasteiger partial charge < -0.3 is 15.2 Å². The Bertz CT molecular complexity index is 662. The fourth-order valence-electron chi connectivity index (χ4n) is 1.83. The number of hydrogen-bond donors (Lipinski definition) is 2. The first-order valence-electron chi connectivity index (χ1n) is 6.66. The quantitative estimate of drug-likeness (QED) is 0.860. The fourth-order valence-corrected chi connectivity index (χ4v) is 1.83. The van der Waals surface area contributed by atoms with Gasteiger partial charge in [-0.15, -0.1) is 0 Å². The zero-order chi connectivity index (χ0) is 15.9. The average Bonchev–Trinajstić information content (AvgIpc) is 2.51. The molecule has 0 aromatic heterocycles. The summed E-state index contributed by atoms with van der Waals surface area (Å²) in [5, 5.41) is 11.0. The van der Waals surface area contributed by atoms with E-state index >= 15 is 0 Å². The van der Waals surface area contributed by atoms with E-state index in [1.807, 2.05) is 0 Å². The first-order valence-corrected chi connectivity index (χ1v) is 6.66. The van der Waals surface area contributed by atoms with E-state index in [0.29, 0.717) is 5.56 Å². The largest absolute Gasteiger partial charge is 0.489 e. The Hall–Kier alpha value is -2.47. The zero-order valence-electron chi connectivity index (χ0n) is 11.7. The topological polar surface area (TPSA) is 58.6 Å². The first kappa shape index (κ1) is 15.9. The summed E-state index contributed by atoms with van der Waals surface area (Å²) in [7, 11) is 0. The Morgan fingerprint density at radius 3 is 2.68 bits per heavy atom. The van der Waals surface area contributed by atoms with E-state index < -0.39 is 11.7 Å². The molecule has 0 aliphatic heterocycles. The van der Waals surface area contributed by atoms with Gasteiger partial charge in [0.15, 0.2) is 0 Å². The van der Waals surface area contributed by atoms with Gasteiger partial charge in [-0.25, -0.2) is 8.78 Å². The Kier molecular flexibility index (Phi) is 5.43. The van der Waals surface area contributed by atoms with Crippen molar-refractivity contribution in [2.75, 3.05) is 13.2 Å². The molecule has 0 radical (unpaired) electrons. The normalized spacial score (nSPS) is 10.3. The summed E-state index contributed by atoms with van der Waals surface area (Å²) >= 11 is 0. The van der Waals surface area contributed by atoms with Crippen LogP contribution in [0, 0.1) is 11.6 Å². The van der Waals surface area contributed by atoms with E-state index in [9.17, 15) is 13.6 Å². The number of carbonyl (C=O) groups is 1. The summed E-state index contributed by atoms with van der Waals surface area (Å²) in [4.78, 5) is 11.6. The predicted molar refractivity (Wildman–Crippen MR) is 76.6 cm³/mol. The van der Waals surface area contributed by atoms with Gasteiger partial charge in [0.25, 0.3) is 5.91 Å². The third-order valence-corrected chi connectivity index (χ3v) is 2.88. The van der Waals surface area contributed by atoms with Gasteiger partial charge in [-0.3, -0.25) is 4.79 Å². The summed E-state index contributed by atoms with van der Waals surface area (Å²) in [5.41, 5.74) is 0.483. The van der Waals surface area contributed by atoms with Crippen LogP contribution in [0.3, 0.4) is 0 Å². The summed E-state index contributed by atoms with van der Waals surface area (Å²) in [5.74, 6) is -1.47. The third kappa shape index (κ3) is 4.26. The highest BCUT2D eigenvalue weighted by Crippen LogP contribution is 2.18. The van der Waals surface area contributed by atoms with Crippen molar-refractivity contribution >= 4 is 5.91 Å². The minimum atomic E-state index is -0.729. The number of benzene rings is 2. The highest BCUT2D eigenvalue weighted by atomic mass is 19.1. The van der Waals surface area contributed by atoms with E-state index in [1.54, 1.807) is 12.1 Å². The molecule has 0 fully saturated rings. The molecule has 22 heavy (non-hydrogen) atoms. The van der Waals surface area contributed by atoms with Crippen molar-refractivity contribution in [1.29, 1.82) is 0 Å². The molecule has 0 bridgehead atoms.